The van der Waals surface area contributed by atoms with Gasteiger partial charge in [-0.25, -0.2) is 0 Å². The van der Waals surface area contributed by atoms with Crippen LogP contribution in [0.1, 0.15) is 69.2 Å². The molecular weight excluding hydrogens is 236 g/mol. The summed E-state index contributed by atoms with van der Waals surface area (Å²) < 4.78 is 5.67. The molecule has 0 aliphatic carbocycles. The van der Waals surface area contributed by atoms with Gasteiger partial charge >= 0.3 is 0 Å². The van der Waals surface area contributed by atoms with E-state index in [4.69, 9.17) is 4.74 Å². The van der Waals surface area contributed by atoms with Crippen LogP contribution in [0.2, 0.25) is 0 Å². The lowest BCUT2D eigenvalue weighted by Gasteiger charge is -2.41. The molecule has 0 radical (unpaired) electrons. The average Bonchev–Trinajstić information content (AvgIpc) is 2.12. The summed E-state index contributed by atoms with van der Waals surface area (Å²) in [6.07, 6.45) is 0. The van der Waals surface area contributed by atoms with Gasteiger partial charge in [-0.05, 0) is 38.5 Å². The van der Waals surface area contributed by atoms with Crippen LogP contribution >= 0.6 is 0 Å². The Bertz CT molecular complexity index is 241. The third-order valence-corrected chi connectivity index (χ3v) is 4.98. The second-order valence-corrected chi connectivity index (χ2v) is 8.60. The lowest BCUT2D eigenvalue weighted by Crippen LogP contribution is -2.53. The predicted molar refractivity (Wildman–Crippen MR) is 84.2 cm³/mol. The summed E-state index contributed by atoms with van der Waals surface area (Å²) in [6.45, 7) is 23.4. The summed E-state index contributed by atoms with van der Waals surface area (Å²) in [5.74, 6) is 0. The molecule has 0 saturated carbocycles. The lowest BCUT2D eigenvalue weighted by molar-refractivity contribution is 0.0288. The van der Waals surface area contributed by atoms with Crippen LogP contribution in [-0.4, -0.2) is 24.5 Å². The first-order chi connectivity index (χ1) is 8.21. The highest BCUT2D eigenvalue weighted by molar-refractivity contribution is 4.90. The van der Waals surface area contributed by atoms with Crippen molar-refractivity contribution in [2.75, 3.05) is 13.5 Å². The van der Waals surface area contributed by atoms with Crippen LogP contribution in [-0.2, 0) is 4.74 Å². The summed E-state index contributed by atoms with van der Waals surface area (Å²) in [7, 11) is 0. The van der Waals surface area contributed by atoms with E-state index >= 15 is 0 Å². The van der Waals surface area contributed by atoms with Crippen LogP contribution in [0.3, 0.4) is 0 Å². The molecule has 2 N–H and O–H groups in total. The fraction of sp³-hybridized carbons (Fsp3) is 1.00. The molecule has 0 aromatic heterocycles. The molecule has 0 saturated heterocycles. The Hall–Kier alpha value is -0.120. The molecule has 0 bridgehead atoms. The number of rotatable bonds is 6. The zero-order valence-corrected chi connectivity index (χ0v) is 14.8. The van der Waals surface area contributed by atoms with Crippen LogP contribution in [0.25, 0.3) is 0 Å². The van der Waals surface area contributed by atoms with E-state index in [1.54, 1.807) is 0 Å². The van der Waals surface area contributed by atoms with Gasteiger partial charge in [-0.3, -0.25) is 10.6 Å². The Kier molecular flexibility index (Phi) is 6.07. The molecule has 0 aromatic carbocycles. The zero-order valence-electron chi connectivity index (χ0n) is 14.8. The SMILES string of the molecule is CC(C)(C)C(C)(C)NCOCNC(C)(C)C(C)(C)C. The Morgan fingerprint density at radius 1 is 0.579 bits per heavy atom. The van der Waals surface area contributed by atoms with Crippen LogP contribution < -0.4 is 10.6 Å². The minimum atomic E-state index is 0.0482. The molecule has 0 fully saturated rings. The van der Waals surface area contributed by atoms with Gasteiger partial charge in [0, 0.05) is 11.1 Å². The van der Waals surface area contributed by atoms with Gasteiger partial charge in [-0.15, -0.1) is 0 Å². The summed E-state index contributed by atoms with van der Waals surface area (Å²) in [6, 6.07) is 0. The molecular formula is C16H36N2O. The van der Waals surface area contributed by atoms with Crippen molar-refractivity contribution in [2.45, 2.75) is 80.3 Å². The van der Waals surface area contributed by atoms with Gasteiger partial charge in [0.25, 0.3) is 0 Å². The maximum atomic E-state index is 5.67. The van der Waals surface area contributed by atoms with Crippen LogP contribution in [0.15, 0.2) is 0 Å². The first-order valence-corrected chi connectivity index (χ1v) is 7.28. The van der Waals surface area contributed by atoms with Crippen molar-refractivity contribution in [1.82, 2.24) is 10.6 Å². The normalized spacial score (nSPS) is 14.8. The van der Waals surface area contributed by atoms with E-state index < -0.39 is 0 Å². The molecule has 0 amide bonds. The summed E-state index contributed by atoms with van der Waals surface area (Å²) >= 11 is 0. The second-order valence-electron chi connectivity index (χ2n) is 8.60. The van der Waals surface area contributed by atoms with Crippen LogP contribution in [0.5, 0.6) is 0 Å². The number of nitrogens with one attached hydrogen (secondary N) is 2. The first-order valence-electron chi connectivity index (χ1n) is 7.28. The van der Waals surface area contributed by atoms with E-state index in [1.807, 2.05) is 0 Å². The average molecular weight is 272 g/mol. The highest BCUT2D eigenvalue weighted by Crippen LogP contribution is 2.30. The number of hydrogen-bond donors (Lipinski definition) is 2. The molecule has 0 spiro atoms. The maximum absolute atomic E-state index is 5.67. The third kappa shape index (κ3) is 5.80. The minimum Gasteiger partial charge on any atom is -0.351 e. The van der Waals surface area contributed by atoms with Crippen molar-refractivity contribution < 1.29 is 4.74 Å². The van der Waals surface area contributed by atoms with Crippen molar-refractivity contribution >= 4 is 0 Å². The smallest absolute Gasteiger partial charge is 0.0987 e. The molecule has 0 aliphatic rings. The number of ether oxygens (including phenoxy) is 1. The standard InChI is InChI=1S/C16H36N2O/c1-13(2,3)15(7,8)17-11-19-12-18-16(9,10)14(4,5)6/h17-18H,11-12H2,1-10H3. The molecule has 0 atom stereocenters. The molecule has 19 heavy (non-hydrogen) atoms. The van der Waals surface area contributed by atoms with E-state index in [1.165, 1.54) is 0 Å². The highest BCUT2D eigenvalue weighted by Gasteiger charge is 2.33. The van der Waals surface area contributed by atoms with Crippen molar-refractivity contribution in [1.29, 1.82) is 0 Å². The van der Waals surface area contributed by atoms with E-state index in [9.17, 15) is 0 Å². The Morgan fingerprint density at radius 3 is 1.05 bits per heavy atom. The molecule has 0 aliphatic heterocycles. The number of hydrogen-bond acceptors (Lipinski definition) is 3. The largest absolute Gasteiger partial charge is 0.351 e. The van der Waals surface area contributed by atoms with Gasteiger partial charge in [-0.2, -0.15) is 0 Å². The van der Waals surface area contributed by atoms with Gasteiger partial charge in [0.1, 0.15) is 0 Å². The molecule has 3 nitrogen and oxygen atoms in total. The van der Waals surface area contributed by atoms with E-state index in [0.717, 1.165) is 0 Å². The summed E-state index contributed by atoms with van der Waals surface area (Å²) in [5.41, 5.74) is 0.502. The predicted octanol–water partition coefficient (Wildman–Crippen LogP) is 3.75. The Labute approximate surface area is 120 Å². The van der Waals surface area contributed by atoms with E-state index in [-0.39, 0.29) is 21.9 Å². The summed E-state index contributed by atoms with van der Waals surface area (Å²) in [5, 5.41) is 6.92. The van der Waals surface area contributed by atoms with Gasteiger partial charge in [0.2, 0.25) is 0 Å². The van der Waals surface area contributed by atoms with E-state index in [0.29, 0.717) is 13.5 Å². The van der Waals surface area contributed by atoms with Crippen LogP contribution in [0, 0.1) is 10.8 Å². The lowest BCUT2D eigenvalue weighted by atomic mass is 9.76. The third-order valence-electron chi connectivity index (χ3n) is 4.98. The Morgan fingerprint density at radius 2 is 0.842 bits per heavy atom. The van der Waals surface area contributed by atoms with Gasteiger partial charge in [-0.1, -0.05) is 41.5 Å². The van der Waals surface area contributed by atoms with Crippen LogP contribution in [0.4, 0.5) is 0 Å². The minimum absolute atomic E-state index is 0.0482. The molecule has 0 heterocycles. The van der Waals surface area contributed by atoms with Gasteiger partial charge in [0.15, 0.2) is 0 Å². The maximum Gasteiger partial charge on any atom is 0.0987 e. The Balaban J connectivity index is 4.03. The molecule has 0 aromatic rings. The fourth-order valence-corrected chi connectivity index (χ4v) is 1.04. The topological polar surface area (TPSA) is 33.3 Å². The van der Waals surface area contributed by atoms with Crippen molar-refractivity contribution in [3.63, 3.8) is 0 Å². The zero-order chi connectivity index (χ0) is 15.5. The molecule has 116 valence electrons. The molecule has 3 heteroatoms. The van der Waals surface area contributed by atoms with Crippen molar-refractivity contribution in [3.05, 3.63) is 0 Å². The van der Waals surface area contributed by atoms with E-state index in [2.05, 4.69) is 79.9 Å². The fourth-order valence-electron chi connectivity index (χ4n) is 1.04. The highest BCUT2D eigenvalue weighted by atomic mass is 16.5. The molecule has 0 rings (SSSR count). The van der Waals surface area contributed by atoms with Gasteiger partial charge in [0.05, 0.1) is 13.5 Å². The first kappa shape index (κ1) is 18.9. The van der Waals surface area contributed by atoms with Gasteiger partial charge < -0.3 is 4.74 Å². The second kappa shape index (κ2) is 6.11. The summed E-state index contributed by atoms with van der Waals surface area (Å²) in [4.78, 5) is 0. The van der Waals surface area contributed by atoms with Crippen molar-refractivity contribution in [3.8, 4) is 0 Å². The van der Waals surface area contributed by atoms with Crippen molar-refractivity contribution in [2.24, 2.45) is 10.8 Å². The monoisotopic (exact) mass is 272 g/mol. The molecule has 0 unspecified atom stereocenters. The quantitative estimate of drug-likeness (QED) is 0.571.